The normalized spacial score (nSPS) is 10.2. The Bertz CT molecular complexity index is 510. The molecular weight excluding hydrogens is 464 g/mol. The third-order valence-electron chi connectivity index (χ3n) is 5.36. The van der Waals surface area contributed by atoms with Crippen molar-refractivity contribution in [3.05, 3.63) is 12.2 Å². The first kappa shape index (κ1) is 38.2. The molecule has 0 unspecified atom stereocenters. The van der Waals surface area contributed by atoms with E-state index in [0.29, 0.717) is 25.0 Å². The molecule has 0 atom stereocenters. The van der Waals surface area contributed by atoms with Gasteiger partial charge in [-0.3, -0.25) is 9.59 Å². The Morgan fingerprint density at radius 3 is 0.833 bits per heavy atom. The van der Waals surface area contributed by atoms with Gasteiger partial charge in [0.1, 0.15) is 0 Å². The Morgan fingerprint density at radius 2 is 0.639 bits per heavy atom. The molecule has 0 aliphatic heterocycles. The molecule has 8 heteroatoms. The second kappa shape index (κ2) is 32.6. The molecule has 0 saturated heterocycles. The number of hydrogen-bond donors (Lipinski definition) is 4. The maximum absolute atomic E-state index is 10.2. The Hall–Kier alpha value is -2.38. The van der Waals surface area contributed by atoms with Gasteiger partial charge < -0.3 is 20.4 Å². The van der Waals surface area contributed by atoms with Crippen LogP contribution < -0.4 is 0 Å². The van der Waals surface area contributed by atoms with Crippen LogP contribution in [0.4, 0.5) is 0 Å². The van der Waals surface area contributed by atoms with Gasteiger partial charge in [0.05, 0.1) is 0 Å². The van der Waals surface area contributed by atoms with Gasteiger partial charge in [0, 0.05) is 25.0 Å². The quantitative estimate of drug-likeness (QED) is 0.0844. The van der Waals surface area contributed by atoms with Crippen molar-refractivity contribution in [1.29, 1.82) is 0 Å². The molecule has 0 rings (SSSR count). The second-order valence-corrected chi connectivity index (χ2v) is 8.95. The van der Waals surface area contributed by atoms with Crippen LogP contribution in [0.25, 0.3) is 0 Å². The zero-order valence-electron chi connectivity index (χ0n) is 22.7. The average molecular weight is 517 g/mol. The fraction of sp³-hybridized carbons (Fsp3) is 0.786. The van der Waals surface area contributed by atoms with Crippen LogP contribution in [0.5, 0.6) is 0 Å². The molecule has 0 aromatic rings. The van der Waals surface area contributed by atoms with E-state index in [1.165, 1.54) is 89.9 Å². The smallest absolute Gasteiger partial charge is 0.328 e. The predicted octanol–water partition coefficient (Wildman–Crippen LogP) is 7.70. The van der Waals surface area contributed by atoms with E-state index in [0.717, 1.165) is 25.7 Å². The molecule has 36 heavy (non-hydrogen) atoms. The third-order valence-corrected chi connectivity index (χ3v) is 5.36. The lowest BCUT2D eigenvalue weighted by Gasteiger charge is -2.00. The third kappa shape index (κ3) is 48.9. The number of carboxylic acid groups (broad SMARTS) is 4. The van der Waals surface area contributed by atoms with Crippen LogP contribution in [-0.2, 0) is 19.2 Å². The average Bonchev–Trinajstić information content (AvgIpc) is 2.81. The molecule has 0 aromatic heterocycles. The largest absolute Gasteiger partial charge is 0.481 e. The fourth-order valence-electron chi connectivity index (χ4n) is 3.32. The van der Waals surface area contributed by atoms with Crippen molar-refractivity contribution in [2.75, 3.05) is 0 Å². The lowest BCUT2D eigenvalue weighted by Crippen LogP contribution is -1.93. The lowest BCUT2D eigenvalue weighted by molar-refractivity contribution is -0.138. The van der Waals surface area contributed by atoms with E-state index >= 15 is 0 Å². The summed E-state index contributed by atoms with van der Waals surface area (Å²) in [4.78, 5) is 39.5. The summed E-state index contributed by atoms with van der Waals surface area (Å²) in [5, 5.41) is 32.5. The van der Waals surface area contributed by atoms with Crippen LogP contribution >= 0.6 is 0 Å². The molecule has 8 nitrogen and oxygen atoms in total. The number of unbranched alkanes of at least 4 members (excludes halogenated alkanes) is 16. The van der Waals surface area contributed by atoms with Crippen molar-refractivity contribution in [3.63, 3.8) is 0 Å². The van der Waals surface area contributed by atoms with E-state index in [4.69, 9.17) is 20.4 Å². The molecule has 0 aliphatic carbocycles. The van der Waals surface area contributed by atoms with Gasteiger partial charge >= 0.3 is 23.9 Å². The number of carboxylic acids is 4. The summed E-state index contributed by atoms with van der Waals surface area (Å²) >= 11 is 0. The summed E-state index contributed by atoms with van der Waals surface area (Å²) in [6, 6.07) is 0. The number of aliphatic carboxylic acids is 4. The first-order chi connectivity index (χ1) is 17.2. The molecule has 4 N–H and O–H groups in total. The number of carbonyl (C=O) groups is 4. The molecule has 0 aromatic carbocycles. The van der Waals surface area contributed by atoms with Gasteiger partial charge in [-0.2, -0.15) is 0 Å². The van der Waals surface area contributed by atoms with E-state index < -0.39 is 23.9 Å². The Balaban J connectivity index is -0.000000472. The van der Waals surface area contributed by atoms with Crippen molar-refractivity contribution in [1.82, 2.24) is 0 Å². The summed E-state index contributed by atoms with van der Waals surface area (Å²) in [5.41, 5.74) is 0. The molecule has 0 heterocycles. The van der Waals surface area contributed by atoms with Crippen LogP contribution in [0.1, 0.15) is 142 Å². The Kier molecular flexibility index (Phi) is 34.6. The van der Waals surface area contributed by atoms with E-state index in [1.54, 1.807) is 0 Å². The summed E-state index contributed by atoms with van der Waals surface area (Å²) in [7, 11) is 0. The summed E-state index contributed by atoms with van der Waals surface area (Å²) in [5.74, 6) is -3.83. The maximum atomic E-state index is 10.2. The first-order valence-electron chi connectivity index (χ1n) is 13.7. The minimum Gasteiger partial charge on any atom is -0.481 e. The minimum atomic E-state index is -1.26. The van der Waals surface area contributed by atoms with Crippen LogP contribution in [0.15, 0.2) is 12.2 Å². The van der Waals surface area contributed by atoms with Crippen LogP contribution in [0, 0.1) is 0 Å². The highest BCUT2D eigenvalue weighted by atomic mass is 16.4. The van der Waals surface area contributed by atoms with Crippen molar-refractivity contribution in [2.24, 2.45) is 0 Å². The fourth-order valence-corrected chi connectivity index (χ4v) is 3.32. The van der Waals surface area contributed by atoms with Crippen LogP contribution in [0.2, 0.25) is 0 Å². The summed E-state index contributed by atoms with van der Waals surface area (Å²) in [6.45, 7) is 4.46. The molecule has 0 amide bonds. The molecule has 0 saturated carbocycles. The predicted molar refractivity (Wildman–Crippen MR) is 143 cm³/mol. The second-order valence-electron chi connectivity index (χ2n) is 8.95. The van der Waals surface area contributed by atoms with E-state index in [-0.39, 0.29) is 0 Å². The van der Waals surface area contributed by atoms with Gasteiger partial charge in [0.2, 0.25) is 0 Å². The zero-order valence-corrected chi connectivity index (χ0v) is 22.7. The van der Waals surface area contributed by atoms with Crippen molar-refractivity contribution >= 4 is 23.9 Å². The molecule has 0 fully saturated rings. The zero-order chi connectivity index (χ0) is 27.9. The van der Waals surface area contributed by atoms with Crippen LogP contribution in [0.3, 0.4) is 0 Å². The topological polar surface area (TPSA) is 149 Å². The van der Waals surface area contributed by atoms with Gasteiger partial charge in [-0.15, -0.1) is 0 Å². The molecule has 0 aliphatic rings. The lowest BCUT2D eigenvalue weighted by atomic mass is 10.1. The van der Waals surface area contributed by atoms with Gasteiger partial charge in [0.15, 0.2) is 0 Å². The first-order valence-corrected chi connectivity index (χ1v) is 13.7. The summed E-state index contributed by atoms with van der Waals surface area (Å²) < 4.78 is 0. The Morgan fingerprint density at radius 1 is 0.417 bits per heavy atom. The highest BCUT2D eigenvalue weighted by Crippen LogP contribution is 2.11. The van der Waals surface area contributed by atoms with E-state index in [1.807, 2.05) is 0 Å². The van der Waals surface area contributed by atoms with Gasteiger partial charge in [0.25, 0.3) is 0 Å². The molecule has 0 radical (unpaired) electrons. The molecular formula is C28H52O8. The van der Waals surface area contributed by atoms with Gasteiger partial charge in [-0.05, 0) is 12.8 Å². The van der Waals surface area contributed by atoms with Crippen molar-refractivity contribution in [3.8, 4) is 0 Å². The highest BCUT2D eigenvalue weighted by molar-refractivity contribution is 5.89. The standard InChI is InChI=1S/2C12H24O2.C4H4O4/c2*1-2-3-4-5-6-7-8-9-10-11-12(13)14;5-3(6)1-2-4(7)8/h2*2-11H2,1H3,(H,13,14);1-2H,(H,5,6)(H,7,8)/b;;2-1-. The van der Waals surface area contributed by atoms with E-state index in [2.05, 4.69) is 13.8 Å². The van der Waals surface area contributed by atoms with E-state index in [9.17, 15) is 19.2 Å². The van der Waals surface area contributed by atoms with Gasteiger partial charge in [-0.1, -0.05) is 117 Å². The highest BCUT2D eigenvalue weighted by Gasteiger charge is 1.97. The number of hydrogen-bond acceptors (Lipinski definition) is 4. The molecule has 0 bridgehead atoms. The SMILES string of the molecule is CCCCCCCCCCCC(=O)O.CCCCCCCCCCCC(=O)O.O=C(O)/C=C\C(=O)O. The van der Waals surface area contributed by atoms with Crippen molar-refractivity contribution in [2.45, 2.75) is 142 Å². The molecule has 0 spiro atoms. The number of rotatable bonds is 22. The molecule has 212 valence electrons. The Labute approximate surface area is 218 Å². The maximum Gasteiger partial charge on any atom is 0.328 e. The monoisotopic (exact) mass is 516 g/mol. The summed E-state index contributed by atoms with van der Waals surface area (Å²) in [6.07, 6.45) is 24.1. The minimum absolute atomic E-state index is 0.343. The van der Waals surface area contributed by atoms with Gasteiger partial charge in [-0.25, -0.2) is 9.59 Å². The van der Waals surface area contributed by atoms with Crippen LogP contribution in [-0.4, -0.2) is 44.3 Å². The van der Waals surface area contributed by atoms with Crippen molar-refractivity contribution < 1.29 is 39.6 Å².